The van der Waals surface area contributed by atoms with Crippen molar-refractivity contribution in [3.63, 3.8) is 0 Å². The predicted molar refractivity (Wildman–Crippen MR) is 89.7 cm³/mol. The van der Waals surface area contributed by atoms with Crippen molar-refractivity contribution < 1.29 is 23.8 Å². The van der Waals surface area contributed by atoms with Crippen LogP contribution < -0.4 is 14.2 Å². The lowest BCUT2D eigenvalue weighted by Crippen LogP contribution is -2.35. The van der Waals surface area contributed by atoms with Crippen molar-refractivity contribution in [2.45, 2.75) is 6.61 Å². The maximum atomic E-state index is 9.91. The van der Waals surface area contributed by atoms with E-state index in [1.54, 1.807) is 36.8 Å². The first-order valence-corrected chi connectivity index (χ1v) is 7.80. The van der Waals surface area contributed by atoms with Crippen LogP contribution >= 0.6 is 0 Å². The Labute approximate surface area is 148 Å². The van der Waals surface area contributed by atoms with Crippen LogP contribution in [0.3, 0.4) is 0 Å². The molecule has 8 heteroatoms. The smallest absolute Gasteiger partial charge is 0.271 e. The second-order valence-electron chi connectivity index (χ2n) is 5.45. The van der Waals surface area contributed by atoms with Crippen LogP contribution in [0.25, 0.3) is 22.7 Å². The van der Waals surface area contributed by atoms with Gasteiger partial charge in [-0.25, -0.2) is 9.97 Å². The van der Waals surface area contributed by atoms with Gasteiger partial charge in [-0.2, -0.15) is 0 Å². The molecule has 0 fully saturated rings. The highest BCUT2D eigenvalue weighted by Gasteiger charge is 2.14. The first kappa shape index (κ1) is 15.8. The van der Waals surface area contributed by atoms with Crippen LogP contribution in [0.4, 0.5) is 0 Å². The zero-order valence-corrected chi connectivity index (χ0v) is 13.9. The van der Waals surface area contributed by atoms with Gasteiger partial charge in [0.15, 0.2) is 12.4 Å². The van der Waals surface area contributed by atoms with E-state index in [1.807, 2.05) is 12.1 Å². The normalized spacial score (nSPS) is 10.8. The minimum absolute atomic E-state index is 0.154. The summed E-state index contributed by atoms with van der Waals surface area (Å²) >= 11 is 0. The molecule has 0 aliphatic heterocycles. The molecule has 8 nitrogen and oxygen atoms in total. The monoisotopic (exact) mass is 351 g/mol. The molecule has 4 aromatic heterocycles. The maximum absolute atomic E-state index is 9.91. The van der Waals surface area contributed by atoms with Gasteiger partial charge in [0.25, 0.3) is 11.9 Å². The van der Waals surface area contributed by atoms with Crippen LogP contribution in [0.1, 0.15) is 5.69 Å². The second kappa shape index (κ2) is 6.67. The van der Waals surface area contributed by atoms with E-state index in [9.17, 15) is 5.21 Å². The molecule has 0 radical (unpaired) electrons. The lowest BCUT2D eigenvalue weighted by atomic mass is 10.3. The Kier molecular flexibility index (Phi) is 4.06. The first-order chi connectivity index (χ1) is 12.7. The molecule has 0 spiro atoms. The molecule has 0 saturated carbocycles. The van der Waals surface area contributed by atoms with Crippen LogP contribution in [0.2, 0.25) is 0 Å². The van der Waals surface area contributed by atoms with Crippen molar-refractivity contribution >= 4 is 11.2 Å². The van der Waals surface area contributed by atoms with Gasteiger partial charge in [0, 0.05) is 29.3 Å². The summed E-state index contributed by atoms with van der Waals surface area (Å²) in [5.74, 6) is 1.50. The van der Waals surface area contributed by atoms with Crippen molar-refractivity contribution in [2.24, 2.45) is 0 Å². The standard InChI is InChI=1S/C18H15N4O4/c1-24-14-5-4-13(22(23)10-14)11-25-15-7-16-18(20-9-15)26-17(21-16)12-3-2-6-19-8-12/h2-10,23H,11H2,1H3/q+1. The molecule has 0 aliphatic rings. The van der Waals surface area contributed by atoms with Crippen LogP contribution in [0.5, 0.6) is 11.5 Å². The average molecular weight is 351 g/mol. The van der Waals surface area contributed by atoms with Gasteiger partial charge in [-0.05, 0) is 18.2 Å². The molecule has 26 heavy (non-hydrogen) atoms. The summed E-state index contributed by atoms with van der Waals surface area (Å²) < 4.78 is 17.3. The number of hydrogen-bond donors (Lipinski definition) is 1. The molecule has 0 unspecified atom stereocenters. The van der Waals surface area contributed by atoms with Gasteiger partial charge in [0.1, 0.15) is 11.3 Å². The van der Waals surface area contributed by atoms with Crippen LogP contribution in [-0.2, 0) is 6.61 Å². The second-order valence-corrected chi connectivity index (χ2v) is 5.45. The number of fused-ring (bicyclic) bond motifs is 1. The van der Waals surface area contributed by atoms with Crippen LogP contribution in [-0.4, -0.2) is 27.3 Å². The molecule has 0 bridgehead atoms. The fraction of sp³-hybridized carbons (Fsp3) is 0.111. The van der Waals surface area contributed by atoms with Crippen LogP contribution in [0.15, 0.2) is 59.5 Å². The van der Waals surface area contributed by atoms with E-state index < -0.39 is 0 Å². The zero-order valence-electron chi connectivity index (χ0n) is 13.9. The summed E-state index contributed by atoms with van der Waals surface area (Å²) in [6, 6.07) is 8.85. The summed E-state index contributed by atoms with van der Waals surface area (Å²) in [4.78, 5) is 12.7. The Bertz CT molecular complexity index is 1050. The summed E-state index contributed by atoms with van der Waals surface area (Å²) in [6.45, 7) is 0.154. The number of hydrogen-bond acceptors (Lipinski definition) is 7. The number of aromatic nitrogens is 4. The number of rotatable bonds is 5. The van der Waals surface area contributed by atoms with E-state index in [-0.39, 0.29) is 6.61 Å². The molecule has 0 saturated heterocycles. The van der Waals surface area contributed by atoms with Crippen molar-refractivity contribution in [1.29, 1.82) is 0 Å². The topological polar surface area (TPSA) is 94.4 Å². The lowest BCUT2D eigenvalue weighted by Gasteiger charge is -2.03. The molecule has 0 aromatic carbocycles. The highest BCUT2D eigenvalue weighted by atomic mass is 16.5. The fourth-order valence-electron chi connectivity index (χ4n) is 2.39. The van der Waals surface area contributed by atoms with Gasteiger partial charge < -0.3 is 13.9 Å². The van der Waals surface area contributed by atoms with Gasteiger partial charge in [0.05, 0.1) is 18.9 Å². The van der Waals surface area contributed by atoms with Gasteiger partial charge in [-0.3, -0.25) is 10.2 Å². The van der Waals surface area contributed by atoms with E-state index in [0.717, 1.165) is 10.3 Å². The third-order valence-electron chi connectivity index (χ3n) is 3.74. The van der Waals surface area contributed by atoms with Crippen molar-refractivity contribution in [2.75, 3.05) is 7.11 Å². The zero-order chi connectivity index (χ0) is 17.9. The molecule has 0 amide bonds. The summed E-state index contributed by atoms with van der Waals surface area (Å²) in [7, 11) is 1.53. The van der Waals surface area contributed by atoms with Gasteiger partial charge >= 0.3 is 0 Å². The van der Waals surface area contributed by atoms with E-state index >= 15 is 0 Å². The molecule has 4 aromatic rings. The number of ether oxygens (including phenoxy) is 2. The van der Waals surface area contributed by atoms with E-state index in [1.165, 1.54) is 13.3 Å². The first-order valence-electron chi connectivity index (χ1n) is 7.80. The third-order valence-corrected chi connectivity index (χ3v) is 3.74. The molecule has 4 rings (SSSR count). The molecule has 0 aliphatic carbocycles. The Morgan fingerprint density at radius 3 is 2.88 bits per heavy atom. The quantitative estimate of drug-likeness (QED) is 0.436. The number of pyridine rings is 3. The summed E-state index contributed by atoms with van der Waals surface area (Å²) in [5.41, 5.74) is 2.32. The van der Waals surface area contributed by atoms with Crippen LogP contribution in [0, 0.1) is 0 Å². The SMILES string of the molecule is COc1ccc(COc2cnc3oc(-c4cccnc4)nc3c2)[n+](O)c1. The Morgan fingerprint density at radius 2 is 2.12 bits per heavy atom. The fourth-order valence-corrected chi connectivity index (χ4v) is 2.39. The van der Waals surface area contributed by atoms with E-state index in [2.05, 4.69) is 15.0 Å². The molecule has 4 heterocycles. The Morgan fingerprint density at radius 1 is 1.19 bits per heavy atom. The van der Waals surface area contributed by atoms with Crippen molar-refractivity contribution in [3.8, 4) is 23.0 Å². The van der Waals surface area contributed by atoms with Gasteiger partial charge in [-0.1, -0.05) is 0 Å². The molecular weight excluding hydrogens is 336 g/mol. The molecule has 0 atom stereocenters. The highest BCUT2D eigenvalue weighted by Crippen LogP contribution is 2.25. The van der Waals surface area contributed by atoms with Gasteiger partial charge in [-0.15, -0.1) is 0 Å². The lowest BCUT2D eigenvalue weighted by molar-refractivity contribution is -0.910. The number of methoxy groups -OCH3 is 1. The maximum Gasteiger partial charge on any atom is 0.271 e. The Hall–Kier alpha value is -3.68. The van der Waals surface area contributed by atoms with Crippen molar-refractivity contribution in [3.05, 3.63) is 60.8 Å². The molecular formula is C18H15N4O4+. The third kappa shape index (κ3) is 3.12. The number of nitrogens with zero attached hydrogens (tertiary/aromatic N) is 4. The minimum Gasteiger partial charge on any atom is -0.491 e. The van der Waals surface area contributed by atoms with Crippen molar-refractivity contribution in [1.82, 2.24) is 15.0 Å². The predicted octanol–water partition coefficient (Wildman–Crippen LogP) is 2.40. The number of oxazole rings is 1. The van der Waals surface area contributed by atoms with Gasteiger partial charge in [0.2, 0.25) is 11.6 Å². The van der Waals surface area contributed by atoms with E-state index in [4.69, 9.17) is 13.9 Å². The largest absolute Gasteiger partial charge is 0.491 e. The molecule has 130 valence electrons. The average Bonchev–Trinajstić information content (AvgIpc) is 3.11. The minimum atomic E-state index is 0.154. The Balaban J connectivity index is 1.54. The van der Waals surface area contributed by atoms with E-state index in [0.29, 0.717) is 34.3 Å². The highest BCUT2D eigenvalue weighted by molar-refractivity contribution is 5.73. The summed E-state index contributed by atoms with van der Waals surface area (Å²) in [6.07, 6.45) is 6.36. The summed E-state index contributed by atoms with van der Waals surface area (Å²) in [5, 5.41) is 9.91. The molecule has 1 N–H and O–H groups in total.